The van der Waals surface area contributed by atoms with E-state index in [9.17, 15) is 0 Å². The topological polar surface area (TPSA) is 57.0 Å². The van der Waals surface area contributed by atoms with E-state index < -0.39 is 0 Å². The fourth-order valence-electron chi connectivity index (χ4n) is 0. The zero-order valence-electron chi connectivity index (χ0n) is 1.32. The zero-order chi connectivity index (χ0) is 0. The molecule has 0 atom stereocenters. The third-order valence-corrected chi connectivity index (χ3v) is 0. The van der Waals surface area contributed by atoms with Crippen LogP contribution in [0.25, 0.3) is 0 Å². The van der Waals surface area contributed by atoms with Crippen LogP contribution in [0.3, 0.4) is 0 Å². The van der Waals surface area contributed by atoms with Crippen LogP contribution in [-0.4, -0.2) is 23.1 Å². The Hall–Kier alpha value is 1.40. The molecule has 0 aliphatic heterocycles. The number of hydrogen-bond donors (Lipinski definition) is 0. The third kappa shape index (κ3) is 9.99. The monoisotopic (exact) mass is 106 g/mol. The molecule has 0 amide bonds. The Morgan fingerprint density at radius 1 is 0.750 bits per heavy atom. The molecule has 0 bridgehead atoms. The maximum Gasteiger partial charge on any atom is 4.00 e. The molecule has 0 aromatic rings. The van der Waals surface area contributed by atoms with E-state index in [0.29, 0.717) is 0 Å². The van der Waals surface area contributed by atoms with Gasteiger partial charge in [-0.05, 0) is 0 Å². The normalized spacial score (nSPS) is 0. The zero-order valence-corrected chi connectivity index (χ0v) is 2.88. The Kier molecular flexibility index (Phi) is 346. The van der Waals surface area contributed by atoms with Crippen molar-refractivity contribution in [2.24, 2.45) is 0 Å². The summed E-state index contributed by atoms with van der Waals surface area (Å²) in [4.78, 5) is 0. The van der Waals surface area contributed by atoms with E-state index >= 15 is 0 Å². The summed E-state index contributed by atoms with van der Waals surface area (Å²) < 4.78 is 0. The molecule has 0 aromatic carbocycles. The molecule has 0 saturated heterocycles. The van der Waals surface area contributed by atoms with E-state index in [1.54, 1.807) is 0 Å². The number of hydrogen-bond acceptors (Lipinski definition) is 0. The molecular formula is H2MgO2Ti. The van der Waals surface area contributed by atoms with Gasteiger partial charge >= 0.3 is 44.8 Å². The fourth-order valence-corrected chi connectivity index (χ4v) is 0. The van der Waals surface area contributed by atoms with Crippen LogP contribution in [0.5, 0.6) is 0 Å². The van der Waals surface area contributed by atoms with Gasteiger partial charge in [0.05, 0.1) is 0 Å². The summed E-state index contributed by atoms with van der Waals surface area (Å²) in [5.41, 5.74) is 0. The van der Waals surface area contributed by atoms with Crippen molar-refractivity contribution in [2.45, 2.75) is 0 Å². The van der Waals surface area contributed by atoms with Crippen molar-refractivity contribution in [1.29, 1.82) is 0 Å². The minimum Gasteiger partial charge on any atom is -2.00 e. The van der Waals surface area contributed by atoms with Crippen molar-refractivity contribution >= 4 is 23.1 Å². The van der Waals surface area contributed by atoms with Gasteiger partial charge in [-0.2, -0.15) is 0 Å². The predicted molar refractivity (Wildman–Crippen MR) is 9.92 cm³/mol. The van der Waals surface area contributed by atoms with Gasteiger partial charge in [-0.25, -0.2) is 0 Å². The number of rotatable bonds is 0. The minimum absolute atomic E-state index is 0. The molecule has 4 heavy (non-hydrogen) atoms. The second-order valence-corrected chi connectivity index (χ2v) is 0. The standard InChI is InChI=1S/Mg.2O.Ti.2H/q;2*-2;+4;;. The first-order valence-corrected chi connectivity index (χ1v) is 0. The van der Waals surface area contributed by atoms with Crippen molar-refractivity contribution in [2.75, 3.05) is 0 Å². The minimum atomic E-state index is 0. The maximum absolute atomic E-state index is 0. The molecule has 4 heteroatoms. The van der Waals surface area contributed by atoms with Crippen LogP contribution in [-0.2, 0) is 32.7 Å². The van der Waals surface area contributed by atoms with Crippen molar-refractivity contribution in [3.63, 3.8) is 0 Å². The molecular weight excluding hydrogens is 104 g/mol. The molecule has 20 valence electrons. The average Bonchev–Trinajstić information content (AvgIpc) is 0. The molecule has 0 radical (unpaired) electrons. The first kappa shape index (κ1) is 53.3. The first-order valence-electron chi connectivity index (χ1n) is 0. The summed E-state index contributed by atoms with van der Waals surface area (Å²) in [5.74, 6) is 0. The molecule has 0 spiro atoms. The van der Waals surface area contributed by atoms with Crippen LogP contribution >= 0.6 is 0 Å². The van der Waals surface area contributed by atoms with Crippen LogP contribution < -0.4 is 0 Å². The van der Waals surface area contributed by atoms with Gasteiger partial charge in [0.15, 0.2) is 0 Å². The van der Waals surface area contributed by atoms with E-state index in [2.05, 4.69) is 0 Å². The molecule has 0 aliphatic carbocycles. The summed E-state index contributed by atoms with van der Waals surface area (Å²) in [5, 5.41) is 0. The predicted octanol–water partition coefficient (Wildman–Crippen LogP) is -1.16. The van der Waals surface area contributed by atoms with Crippen LogP contribution in [0.2, 0.25) is 0 Å². The second-order valence-electron chi connectivity index (χ2n) is 0. The molecule has 0 unspecified atom stereocenters. The van der Waals surface area contributed by atoms with Gasteiger partial charge in [0.1, 0.15) is 0 Å². The van der Waals surface area contributed by atoms with Crippen LogP contribution in [0.1, 0.15) is 0 Å². The summed E-state index contributed by atoms with van der Waals surface area (Å²) in [6, 6.07) is 0. The maximum atomic E-state index is 0. The third-order valence-electron chi connectivity index (χ3n) is 0. The second kappa shape index (κ2) is 25.9. The summed E-state index contributed by atoms with van der Waals surface area (Å²) in [7, 11) is 0. The molecule has 2 nitrogen and oxygen atoms in total. The van der Waals surface area contributed by atoms with E-state index in [0.717, 1.165) is 0 Å². The van der Waals surface area contributed by atoms with Crippen molar-refractivity contribution in [1.82, 2.24) is 0 Å². The Labute approximate surface area is 55.6 Å². The van der Waals surface area contributed by atoms with Gasteiger partial charge in [0, 0.05) is 0 Å². The largest absolute Gasteiger partial charge is 4.00 e. The Morgan fingerprint density at radius 2 is 0.750 bits per heavy atom. The molecule has 0 heterocycles. The SMILES string of the molecule is [MgH2].[O-2].[O-2].[Ti+4]. The Bertz CT molecular complexity index is 6.00. The van der Waals surface area contributed by atoms with Gasteiger partial charge in [-0.3, -0.25) is 0 Å². The van der Waals surface area contributed by atoms with E-state index in [4.69, 9.17) is 0 Å². The smallest absolute Gasteiger partial charge is 2.00 e. The van der Waals surface area contributed by atoms with E-state index in [1.165, 1.54) is 0 Å². The Morgan fingerprint density at radius 3 is 0.750 bits per heavy atom. The van der Waals surface area contributed by atoms with E-state index in [-0.39, 0.29) is 55.7 Å². The van der Waals surface area contributed by atoms with Gasteiger partial charge in [-0.1, -0.05) is 0 Å². The van der Waals surface area contributed by atoms with Crippen LogP contribution in [0, 0.1) is 0 Å². The summed E-state index contributed by atoms with van der Waals surface area (Å²) >= 11 is 0. The molecule has 0 aliphatic rings. The molecule has 0 aromatic heterocycles. The van der Waals surface area contributed by atoms with E-state index in [1.807, 2.05) is 0 Å². The quantitative estimate of drug-likeness (QED) is 0.350. The summed E-state index contributed by atoms with van der Waals surface area (Å²) in [6.45, 7) is 0. The fraction of sp³-hybridized carbons (Fsp3) is 0. The van der Waals surface area contributed by atoms with Gasteiger partial charge in [0.2, 0.25) is 0 Å². The Balaban J connectivity index is 0. The van der Waals surface area contributed by atoms with Crippen molar-refractivity contribution in [3.05, 3.63) is 0 Å². The van der Waals surface area contributed by atoms with Crippen molar-refractivity contribution in [3.8, 4) is 0 Å². The molecule has 0 N–H and O–H groups in total. The van der Waals surface area contributed by atoms with Gasteiger partial charge in [0.25, 0.3) is 0 Å². The molecule has 0 rings (SSSR count). The first-order chi connectivity index (χ1) is 0. The molecule has 0 fully saturated rings. The molecule has 0 saturated carbocycles. The van der Waals surface area contributed by atoms with Crippen LogP contribution in [0.15, 0.2) is 0 Å². The van der Waals surface area contributed by atoms with Crippen molar-refractivity contribution < 1.29 is 32.7 Å². The summed E-state index contributed by atoms with van der Waals surface area (Å²) in [6.07, 6.45) is 0. The van der Waals surface area contributed by atoms with Gasteiger partial charge < -0.3 is 11.0 Å². The van der Waals surface area contributed by atoms with Crippen LogP contribution in [0.4, 0.5) is 0 Å². The van der Waals surface area contributed by atoms with Gasteiger partial charge in [-0.15, -0.1) is 0 Å². The average molecular weight is 106 g/mol.